The maximum absolute atomic E-state index is 12.1. The van der Waals surface area contributed by atoms with Gasteiger partial charge in [-0.3, -0.25) is 4.79 Å². The first-order valence-corrected chi connectivity index (χ1v) is 6.34. The molecule has 2 fully saturated rings. The number of alkyl halides is 1. The fourth-order valence-corrected chi connectivity index (χ4v) is 3.35. The van der Waals surface area contributed by atoms with Gasteiger partial charge in [0.1, 0.15) is 5.72 Å². The SMILES string of the molecule is CC1(C)OC(C)(C)N2C(=O)CC[C@@H](Cl)C[C@H]21. The molecule has 0 radical (unpaired) electrons. The van der Waals surface area contributed by atoms with E-state index in [2.05, 4.69) is 0 Å². The van der Waals surface area contributed by atoms with Crippen LogP contribution in [0.3, 0.4) is 0 Å². The van der Waals surface area contributed by atoms with Crippen LogP contribution in [0.15, 0.2) is 0 Å². The Balaban J connectivity index is 2.37. The monoisotopic (exact) mass is 245 g/mol. The number of hydrogen-bond donors (Lipinski definition) is 0. The van der Waals surface area contributed by atoms with Gasteiger partial charge in [0.15, 0.2) is 0 Å². The number of halogens is 1. The smallest absolute Gasteiger partial charge is 0.225 e. The Morgan fingerprint density at radius 2 is 2.00 bits per heavy atom. The summed E-state index contributed by atoms with van der Waals surface area (Å²) in [4.78, 5) is 14.0. The quantitative estimate of drug-likeness (QED) is 0.614. The van der Waals surface area contributed by atoms with Gasteiger partial charge in [-0.2, -0.15) is 0 Å². The lowest BCUT2D eigenvalue weighted by Crippen LogP contribution is -2.48. The second kappa shape index (κ2) is 3.61. The Hall–Kier alpha value is -0.280. The summed E-state index contributed by atoms with van der Waals surface area (Å²) < 4.78 is 6.00. The molecule has 2 saturated heterocycles. The molecule has 0 aromatic heterocycles. The molecular weight excluding hydrogens is 226 g/mol. The second-order valence-electron chi connectivity index (χ2n) is 5.80. The van der Waals surface area contributed by atoms with Crippen molar-refractivity contribution in [3.8, 4) is 0 Å². The highest BCUT2D eigenvalue weighted by Gasteiger charge is 2.54. The predicted molar refractivity (Wildman–Crippen MR) is 63.4 cm³/mol. The number of rotatable bonds is 0. The van der Waals surface area contributed by atoms with Crippen molar-refractivity contribution >= 4 is 17.5 Å². The number of hydrogen-bond acceptors (Lipinski definition) is 2. The van der Waals surface area contributed by atoms with Crippen LogP contribution < -0.4 is 0 Å². The highest BCUT2D eigenvalue weighted by molar-refractivity contribution is 6.20. The summed E-state index contributed by atoms with van der Waals surface area (Å²) in [6, 6.07) is 0.0972. The molecule has 4 heteroatoms. The van der Waals surface area contributed by atoms with Crippen LogP contribution in [-0.2, 0) is 9.53 Å². The molecule has 0 spiro atoms. The largest absolute Gasteiger partial charge is 0.348 e. The van der Waals surface area contributed by atoms with Crippen molar-refractivity contribution in [2.24, 2.45) is 0 Å². The van der Waals surface area contributed by atoms with Crippen molar-refractivity contribution in [3.63, 3.8) is 0 Å². The lowest BCUT2D eigenvalue weighted by molar-refractivity contribution is -0.149. The first-order chi connectivity index (χ1) is 7.24. The predicted octanol–water partition coefficient (Wildman–Crippen LogP) is 2.52. The Morgan fingerprint density at radius 3 is 2.62 bits per heavy atom. The lowest BCUT2D eigenvalue weighted by Gasteiger charge is -2.33. The van der Waals surface area contributed by atoms with Gasteiger partial charge in [-0.05, 0) is 40.5 Å². The van der Waals surface area contributed by atoms with Crippen LogP contribution in [0.2, 0.25) is 0 Å². The molecule has 92 valence electrons. The van der Waals surface area contributed by atoms with E-state index in [1.165, 1.54) is 0 Å². The van der Waals surface area contributed by atoms with Crippen LogP contribution in [0.5, 0.6) is 0 Å². The zero-order valence-electron chi connectivity index (χ0n) is 10.4. The van der Waals surface area contributed by atoms with Crippen LogP contribution in [-0.4, -0.2) is 33.6 Å². The molecule has 0 saturated carbocycles. The van der Waals surface area contributed by atoms with Crippen molar-refractivity contribution < 1.29 is 9.53 Å². The van der Waals surface area contributed by atoms with E-state index in [0.717, 1.165) is 12.8 Å². The minimum Gasteiger partial charge on any atom is -0.348 e. The molecule has 0 aromatic carbocycles. The minimum absolute atomic E-state index is 0.0794. The van der Waals surface area contributed by atoms with Crippen LogP contribution in [0, 0.1) is 0 Å². The standard InChI is InChI=1S/C12H20ClNO2/c1-11(2)9-7-8(13)5-6-10(15)14(9)12(3,4)16-11/h8-9H,5-7H2,1-4H3/t8-,9+/m1/s1. The normalized spacial score (nSPS) is 37.1. The van der Waals surface area contributed by atoms with E-state index in [9.17, 15) is 4.79 Å². The van der Waals surface area contributed by atoms with Crippen molar-refractivity contribution in [3.05, 3.63) is 0 Å². The van der Waals surface area contributed by atoms with Gasteiger partial charge in [0.2, 0.25) is 5.91 Å². The van der Waals surface area contributed by atoms with Crippen molar-refractivity contribution in [2.75, 3.05) is 0 Å². The average Bonchev–Trinajstić information content (AvgIpc) is 2.25. The van der Waals surface area contributed by atoms with Gasteiger partial charge >= 0.3 is 0 Å². The van der Waals surface area contributed by atoms with Crippen molar-refractivity contribution in [1.82, 2.24) is 4.90 Å². The van der Waals surface area contributed by atoms with Crippen molar-refractivity contribution in [2.45, 2.75) is 69.7 Å². The maximum atomic E-state index is 12.1. The highest BCUT2D eigenvalue weighted by Crippen LogP contribution is 2.43. The summed E-state index contributed by atoms with van der Waals surface area (Å²) in [5.74, 6) is 0.170. The van der Waals surface area contributed by atoms with E-state index in [4.69, 9.17) is 16.3 Å². The first kappa shape index (κ1) is 12.2. The molecular formula is C12H20ClNO2. The summed E-state index contributed by atoms with van der Waals surface area (Å²) in [7, 11) is 0. The Bertz CT molecular complexity index is 314. The molecule has 16 heavy (non-hydrogen) atoms. The third-order valence-corrected chi connectivity index (χ3v) is 4.02. The molecule has 2 aliphatic heterocycles. The third kappa shape index (κ3) is 1.84. The molecule has 2 atom stereocenters. The number of amides is 1. The fraction of sp³-hybridized carbons (Fsp3) is 0.917. The van der Waals surface area contributed by atoms with Gasteiger partial charge in [-0.15, -0.1) is 11.6 Å². The maximum Gasteiger partial charge on any atom is 0.225 e. The Kier molecular flexibility index (Phi) is 2.75. The molecule has 2 aliphatic rings. The summed E-state index contributed by atoms with van der Waals surface area (Å²) in [5.41, 5.74) is -0.817. The Labute approximate surface area is 102 Å². The second-order valence-corrected chi connectivity index (χ2v) is 6.42. The molecule has 2 rings (SSSR count). The molecule has 3 nitrogen and oxygen atoms in total. The number of carbonyl (C=O) groups excluding carboxylic acids is 1. The summed E-state index contributed by atoms with van der Waals surface area (Å²) in [6.07, 6.45) is 2.14. The number of fused-ring (bicyclic) bond motifs is 1. The van der Waals surface area contributed by atoms with Gasteiger partial charge in [0.05, 0.1) is 11.6 Å². The van der Waals surface area contributed by atoms with E-state index in [1.54, 1.807) is 0 Å². The fourth-order valence-electron chi connectivity index (χ4n) is 3.07. The van der Waals surface area contributed by atoms with E-state index >= 15 is 0 Å². The van der Waals surface area contributed by atoms with Crippen molar-refractivity contribution in [1.29, 1.82) is 0 Å². The van der Waals surface area contributed by atoms with E-state index in [0.29, 0.717) is 6.42 Å². The van der Waals surface area contributed by atoms with Gasteiger partial charge in [0, 0.05) is 11.8 Å². The summed E-state index contributed by atoms with van der Waals surface area (Å²) in [6.45, 7) is 8.01. The molecule has 1 amide bonds. The van der Waals surface area contributed by atoms with Crippen LogP contribution in [0.1, 0.15) is 47.0 Å². The summed E-state index contributed by atoms with van der Waals surface area (Å²) in [5, 5.41) is 0.0794. The molecule has 0 unspecified atom stereocenters. The van der Waals surface area contributed by atoms with Gasteiger partial charge in [0.25, 0.3) is 0 Å². The molecule has 0 bridgehead atoms. The lowest BCUT2D eigenvalue weighted by atomic mass is 9.94. The highest BCUT2D eigenvalue weighted by atomic mass is 35.5. The first-order valence-electron chi connectivity index (χ1n) is 5.90. The topological polar surface area (TPSA) is 29.5 Å². The zero-order valence-corrected chi connectivity index (χ0v) is 11.2. The van der Waals surface area contributed by atoms with E-state index in [1.807, 2.05) is 32.6 Å². The van der Waals surface area contributed by atoms with Crippen LogP contribution in [0.25, 0.3) is 0 Å². The van der Waals surface area contributed by atoms with E-state index in [-0.39, 0.29) is 22.9 Å². The van der Waals surface area contributed by atoms with Gasteiger partial charge in [-0.25, -0.2) is 0 Å². The average molecular weight is 246 g/mol. The number of nitrogens with zero attached hydrogens (tertiary/aromatic N) is 1. The van der Waals surface area contributed by atoms with E-state index < -0.39 is 5.72 Å². The minimum atomic E-state index is -0.508. The number of ether oxygens (including phenoxy) is 1. The molecule has 0 aliphatic carbocycles. The molecule has 2 heterocycles. The number of carbonyl (C=O) groups is 1. The van der Waals surface area contributed by atoms with Gasteiger partial charge < -0.3 is 9.64 Å². The summed E-state index contributed by atoms with van der Waals surface area (Å²) >= 11 is 6.24. The van der Waals surface area contributed by atoms with Crippen LogP contribution in [0.4, 0.5) is 0 Å². The molecule has 0 N–H and O–H groups in total. The van der Waals surface area contributed by atoms with Gasteiger partial charge in [-0.1, -0.05) is 0 Å². The Morgan fingerprint density at radius 1 is 1.38 bits per heavy atom. The van der Waals surface area contributed by atoms with Crippen LogP contribution >= 0.6 is 11.6 Å². The zero-order chi connectivity index (χ0) is 12.1. The molecule has 0 aromatic rings. The third-order valence-electron chi connectivity index (χ3n) is 3.63.